The number of aliphatic hydroxyl groups is 2. The second-order valence-corrected chi connectivity index (χ2v) is 18.1. The number of ketones is 1. The average molecular weight is 872 g/mol. The topological polar surface area (TPSA) is 237 Å². The van der Waals surface area contributed by atoms with Crippen LogP contribution >= 0.6 is 0 Å². The van der Waals surface area contributed by atoms with Crippen molar-refractivity contribution in [1.29, 1.82) is 0 Å². The number of fused-ring (bicyclic) bond motifs is 2. The van der Waals surface area contributed by atoms with E-state index in [0.717, 1.165) is 13.8 Å². The van der Waals surface area contributed by atoms with Crippen LogP contribution < -0.4 is 5.32 Å². The molecule has 1 saturated heterocycles. The molecule has 342 valence electrons. The Bertz CT molecular complexity index is 1980. The number of ether oxygens (including phenoxy) is 7. The van der Waals surface area contributed by atoms with Crippen molar-refractivity contribution in [1.82, 2.24) is 5.32 Å². The Morgan fingerprint density at radius 1 is 0.935 bits per heavy atom. The first-order valence-electron chi connectivity index (χ1n) is 20.6. The van der Waals surface area contributed by atoms with Crippen LogP contribution in [0, 0.1) is 17.3 Å². The second kappa shape index (κ2) is 19.1. The number of rotatable bonds is 14. The van der Waals surface area contributed by atoms with Gasteiger partial charge < -0.3 is 48.7 Å². The van der Waals surface area contributed by atoms with E-state index >= 15 is 4.79 Å². The minimum Gasteiger partial charge on any atom is -0.466 e. The van der Waals surface area contributed by atoms with Gasteiger partial charge in [-0.25, -0.2) is 14.4 Å². The predicted octanol–water partition coefficient (Wildman–Crippen LogP) is 4.59. The largest absolute Gasteiger partial charge is 0.466 e. The fraction of sp³-hybridized carbons (Fsp3) is 0.622. The van der Waals surface area contributed by atoms with Gasteiger partial charge >= 0.3 is 35.9 Å². The number of nitrogens with one attached hydrogen (secondary N) is 1. The Kier molecular flexibility index (Phi) is 15.2. The summed E-state index contributed by atoms with van der Waals surface area (Å²) in [6.07, 6.45) is -7.77. The average Bonchev–Trinajstić information content (AvgIpc) is 3.14. The second-order valence-electron chi connectivity index (χ2n) is 18.1. The van der Waals surface area contributed by atoms with E-state index in [1.807, 2.05) is 13.8 Å². The summed E-state index contributed by atoms with van der Waals surface area (Å²) < 4.78 is 40.7. The van der Waals surface area contributed by atoms with Crippen LogP contribution in [0.25, 0.3) is 0 Å². The molecule has 8 atom stereocenters. The molecular formula is C45H61NO16. The molecule has 3 N–H and O–H groups in total. The molecule has 1 aromatic rings. The molecule has 1 aromatic carbocycles. The van der Waals surface area contributed by atoms with E-state index in [1.165, 1.54) is 46.8 Å². The monoisotopic (exact) mass is 871 g/mol. The van der Waals surface area contributed by atoms with Gasteiger partial charge in [0.15, 0.2) is 17.5 Å². The van der Waals surface area contributed by atoms with Crippen LogP contribution in [0.5, 0.6) is 0 Å². The van der Waals surface area contributed by atoms with Gasteiger partial charge in [0.25, 0.3) is 0 Å². The molecule has 17 heteroatoms. The SMILES string of the molecule is CC(=O)OCC[C@H]1OC[C@@]1(OC(C)=O)[C@@H]1/C(C)=C(/OC(C)=O)C(=O)C2=C(C)[C@@H](OC(=O)[C@H](O)[C@H](CC(C)C)NC(=O)OC(C)(C)C)C[C@@](O)([C@H]1OC(=O)c1ccccc1)C2(C)C. The molecule has 3 aliphatic rings. The fourth-order valence-electron chi connectivity index (χ4n) is 8.71. The summed E-state index contributed by atoms with van der Waals surface area (Å²) in [6.45, 7) is 17.3. The van der Waals surface area contributed by atoms with Crippen molar-refractivity contribution < 1.29 is 76.9 Å². The number of Topliss-reactive ketones (excluding diaryl/α,β-unsaturated/α-hetero) is 1. The number of hydrogen-bond acceptors (Lipinski definition) is 16. The standard InChI is InChI=1S/C45H61NO16/c1-23(2)20-30(46-41(54)62-42(8,9)10)35(50)40(53)59-31-21-45(55)38(60-39(52)29-16-14-13-15-17-29)34(44(61-28(7)49)22-57-32(44)18-19-56-26(5)47)25(4)37(58-27(6)48)36(51)33(24(31)3)43(45,11)12/h13-17,23,30-32,34-35,38,50,55H,18-22H2,1-12H3,(H,46,54)/b37-25+/t30-,31-,32+,34+,35+,38-,44-,45+/m0/s1. The van der Waals surface area contributed by atoms with Crippen LogP contribution in [0.4, 0.5) is 4.79 Å². The van der Waals surface area contributed by atoms with Crippen LogP contribution in [0.3, 0.4) is 0 Å². The molecule has 0 aromatic heterocycles. The quantitative estimate of drug-likeness (QED) is 0.171. The zero-order valence-corrected chi connectivity index (χ0v) is 37.6. The van der Waals surface area contributed by atoms with E-state index in [2.05, 4.69) is 5.32 Å². The summed E-state index contributed by atoms with van der Waals surface area (Å²) in [5, 5.41) is 27.6. The summed E-state index contributed by atoms with van der Waals surface area (Å²) in [5.74, 6) is -7.57. The Balaban J connectivity index is 1.99. The van der Waals surface area contributed by atoms with Gasteiger partial charge in [-0.1, -0.05) is 45.9 Å². The number of allylic oxidation sites excluding steroid dienone is 1. The summed E-state index contributed by atoms with van der Waals surface area (Å²) in [4.78, 5) is 93.9. The van der Waals surface area contributed by atoms with Crippen LogP contribution in [0.15, 0.2) is 52.8 Å². The van der Waals surface area contributed by atoms with E-state index in [9.17, 15) is 39.0 Å². The third kappa shape index (κ3) is 10.5. The van der Waals surface area contributed by atoms with Crippen LogP contribution in [0.1, 0.15) is 113 Å². The molecule has 2 bridgehead atoms. The van der Waals surface area contributed by atoms with E-state index in [0.29, 0.717) is 0 Å². The van der Waals surface area contributed by atoms with Gasteiger partial charge in [0, 0.05) is 44.6 Å². The molecule has 62 heavy (non-hydrogen) atoms. The van der Waals surface area contributed by atoms with Gasteiger partial charge in [-0.15, -0.1) is 0 Å². The van der Waals surface area contributed by atoms with Gasteiger partial charge in [-0.3, -0.25) is 19.2 Å². The molecule has 0 saturated carbocycles. The lowest BCUT2D eigenvalue weighted by atomic mass is 9.53. The number of esters is 5. The number of alkyl carbamates (subject to hydrolysis) is 1. The summed E-state index contributed by atoms with van der Waals surface area (Å²) in [7, 11) is 0. The van der Waals surface area contributed by atoms with E-state index < -0.39 is 112 Å². The Morgan fingerprint density at radius 3 is 2.08 bits per heavy atom. The molecule has 0 radical (unpaired) electrons. The molecular weight excluding hydrogens is 810 g/mol. The lowest BCUT2D eigenvalue weighted by Gasteiger charge is -2.60. The van der Waals surface area contributed by atoms with Gasteiger partial charge in [-0.2, -0.15) is 0 Å². The Hall–Kier alpha value is -5.13. The molecule has 0 spiro atoms. The minimum absolute atomic E-state index is 0.0482. The first-order valence-corrected chi connectivity index (χ1v) is 20.6. The van der Waals surface area contributed by atoms with Crippen molar-refractivity contribution in [2.45, 2.75) is 150 Å². The van der Waals surface area contributed by atoms with E-state index in [1.54, 1.807) is 39.0 Å². The van der Waals surface area contributed by atoms with Crippen molar-refractivity contribution in [2.75, 3.05) is 13.2 Å². The molecule has 4 rings (SSSR count). The normalized spacial score (nSPS) is 28.0. The number of aliphatic hydroxyl groups excluding tert-OH is 1. The lowest BCUT2D eigenvalue weighted by Crippen LogP contribution is -2.73. The first-order chi connectivity index (χ1) is 28.7. The summed E-state index contributed by atoms with van der Waals surface area (Å²) >= 11 is 0. The number of carbonyl (C=O) groups is 7. The first kappa shape index (κ1) is 49.5. The predicted molar refractivity (Wildman–Crippen MR) is 219 cm³/mol. The minimum atomic E-state index is -2.40. The smallest absolute Gasteiger partial charge is 0.407 e. The Labute approximate surface area is 361 Å². The van der Waals surface area contributed by atoms with E-state index in [-0.39, 0.29) is 54.3 Å². The van der Waals surface area contributed by atoms with Gasteiger partial charge in [-0.05, 0) is 70.2 Å². The van der Waals surface area contributed by atoms with E-state index in [4.69, 9.17) is 33.2 Å². The molecule has 2 aliphatic carbocycles. The summed E-state index contributed by atoms with van der Waals surface area (Å²) in [5.41, 5.74) is -6.90. The van der Waals surface area contributed by atoms with Crippen molar-refractivity contribution in [2.24, 2.45) is 17.3 Å². The zero-order valence-electron chi connectivity index (χ0n) is 37.6. The number of carbonyl (C=O) groups excluding carboxylic acids is 7. The lowest BCUT2D eigenvalue weighted by molar-refractivity contribution is -0.295. The zero-order chi connectivity index (χ0) is 46.7. The van der Waals surface area contributed by atoms with Crippen molar-refractivity contribution in [3.05, 3.63) is 58.4 Å². The maximum atomic E-state index is 15.1. The highest BCUT2D eigenvalue weighted by Gasteiger charge is 2.70. The van der Waals surface area contributed by atoms with Crippen molar-refractivity contribution in [3.63, 3.8) is 0 Å². The maximum absolute atomic E-state index is 15.1. The van der Waals surface area contributed by atoms with Crippen molar-refractivity contribution in [3.8, 4) is 0 Å². The van der Waals surface area contributed by atoms with Crippen LogP contribution in [-0.4, -0.2) is 112 Å². The van der Waals surface area contributed by atoms with Gasteiger partial charge in [0.05, 0.1) is 30.7 Å². The highest BCUT2D eigenvalue weighted by molar-refractivity contribution is 6.10. The molecule has 1 heterocycles. The fourth-order valence-corrected chi connectivity index (χ4v) is 8.71. The molecule has 1 fully saturated rings. The molecule has 1 aliphatic heterocycles. The number of hydrogen-bond donors (Lipinski definition) is 3. The summed E-state index contributed by atoms with van der Waals surface area (Å²) in [6, 6.07) is 6.61. The van der Waals surface area contributed by atoms with Crippen LogP contribution in [0.2, 0.25) is 0 Å². The van der Waals surface area contributed by atoms with Crippen molar-refractivity contribution >= 4 is 41.7 Å². The Morgan fingerprint density at radius 2 is 1.56 bits per heavy atom. The molecule has 17 nitrogen and oxygen atoms in total. The number of amides is 1. The third-order valence-electron chi connectivity index (χ3n) is 11.5. The number of benzene rings is 1. The highest BCUT2D eigenvalue weighted by atomic mass is 16.6. The van der Waals surface area contributed by atoms with Crippen LogP contribution in [-0.2, 0) is 57.1 Å². The van der Waals surface area contributed by atoms with Gasteiger partial charge in [0.2, 0.25) is 5.78 Å². The molecule has 1 amide bonds. The molecule has 0 unspecified atom stereocenters. The van der Waals surface area contributed by atoms with Gasteiger partial charge in [0.1, 0.15) is 29.5 Å². The highest BCUT2D eigenvalue weighted by Crippen LogP contribution is 2.58. The third-order valence-corrected chi connectivity index (χ3v) is 11.5. The maximum Gasteiger partial charge on any atom is 0.407 e.